The van der Waals surface area contributed by atoms with Crippen molar-refractivity contribution in [2.45, 2.75) is 38.2 Å². The van der Waals surface area contributed by atoms with Gasteiger partial charge < -0.3 is 10.0 Å². The minimum absolute atomic E-state index is 0.0428. The molecule has 1 aliphatic heterocycles. The van der Waals surface area contributed by atoms with Gasteiger partial charge in [0, 0.05) is 19.0 Å². The lowest BCUT2D eigenvalue weighted by Gasteiger charge is -2.40. The number of likely N-dealkylation sites (tertiary alicyclic amines) is 1. The van der Waals surface area contributed by atoms with Gasteiger partial charge in [0.05, 0.1) is 5.60 Å². The number of rotatable bonds is 3. The summed E-state index contributed by atoms with van der Waals surface area (Å²) < 4.78 is 0. The van der Waals surface area contributed by atoms with Crippen molar-refractivity contribution in [1.29, 1.82) is 0 Å². The van der Waals surface area contributed by atoms with Crippen LogP contribution in [0.25, 0.3) is 0 Å². The maximum Gasteiger partial charge on any atom is 0.0808 e. The predicted molar refractivity (Wildman–Crippen MR) is 58.9 cm³/mol. The molecule has 0 radical (unpaired) electrons. The summed E-state index contributed by atoms with van der Waals surface area (Å²) in [5.41, 5.74) is -0.600. The summed E-state index contributed by atoms with van der Waals surface area (Å²) in [6.45, 7) is 4.03. The van der Waals surface area contributed by atoms with Gasteiger partial charge in [-0.05, 0) is 26.3 Å². The maximum atomic E-state index is 10.4. The first kappa shape index (κ1) is 11.6. The lowest BCUT2D eigenvalue weighted by molar-refractivity contribution is -0.0480. The van der Waals surface area contributed by atoms with E-state index in [0.717, 1.165) is 38.8 Å². The molecule has 0 aromatic rings. The summed E-state index contributed by atoms with van der Waals surface area (Å²) in [6.07, 6.45) is 9.11. The minimum Gasteiger partial charge on any atom is -0.389 e. The number of hydrogen-bond donors (Lipinski definition) is 1. The van der Waals surface area contributed by atoms with Crippen LogP contribution < -0.4 is 0 Å². The highest BCUT2D eigenvalue weighted by molar-refractivity contribution is 5.05. The van der Waals surface area contributed by atoms with Crippen molar-refractivity contribution in [3.63, 3.8) is 0 Å². The van der Waals surface area contributed by atoms with Crippen molar-refractivity contribution in [1.82, 2.24) is 4.90 Å². The quantitative estimate of drug-likeness (QED) is 0.690. The molecule has 1 atom stereocenters. The number of piperidine rings is 1. The number of aliphatic hydroxyl groups is 1. The second kappa shape index (κ2) is 4.82. The van der Waals surface area contributed by atoms with Gasteiger partial charge in [-0.2, -0.15) is 0 Å². The molecule has 0 aliphatic carbocycles. The highest BCUT2D eigenvalue weighted by atomic mass is 16.3. The zero-order valence-corrected chi connectivity index (χ0v) is 9.29. The van der Waals surface area contributed by atoms with E-state index in [-0.39, 0.29) is 5.92 Å². The fourth-order valence-electron chi connectivity index (χ4n) is 2.15. The average molecular weight is 195 g/mol. The van der Waals surface area contributed by atoms with Crippen LogP contribution in [0.5, 0.6) is 0 Å². The van der Waals surface area contributed by atoms with Crippen LogP contribution in [-0.2, 0) is 0 Å². The normalized spacial score (nSPS) is 24.1. The molecule has 1 rings (SSSR count). The Kier molecular flexibility index (Phi) is 3.97. The second-order valence-electron chi connectivity index (χ2n) is 4.41. The minimum atomic E-state index is -0.600. The van der Waals surface area contributed by atoms with Gasteiger partial charge in [0.15, 0.2) is 0 Å². The number of hydrogen-bond acceptors (Lipinski definition) is 2. The Labute approximate surface area is 87.3 Å². The fourth-order valence-corrected chi connectivity index (χ4v) is 2.15. The van der Waals surface area contributed by atoms with Crippen LogP contribution in [0.15, 0.2) is 0 Å². The molecule has 1 fully saturated rings. The third kappa shape index (κ3) is 2.50. The SMILES string of the molecule is C#CC(CCC)C1(O)CCN(C)CC1. The van der Waals surface area contributed by atoms with E-state index in [1.807, 2.05) is 0 Å². The Hall–Kier alpha value is -0.520. The molecule has 2 nitrogen and oxygen atoms in total. The summed E-state index contributed by atoms with van der Waals surface area (Å²) in [5, 5.41) is 10.4. The van der Waals surface area contributed by atoms with Crippen molar-refractivity contribution >= 4 is 0 Å². The van der Waals surface area contributed by atoms with Crippen LogP contribution in [0.2, 0.25) is 0 Å². The molecule has 0 saturated carbocycles. The standard InChI is InChI=1S/C12H21NO/c1-4-6-11(5-2)12(14)7-9-13(3)10-8-12/h2,11,14H,4,6-10H2,1,3H3. The van der Waals surface area contributed by atoms with Crippen LogP contribution in [-0.4, -0.2) is 35.7 Å². The molecule has 0 spiro atoms. The van der Waals surface area contributed by atoms with E-state index in [0.29, 0.717) is 0 Å². The van der Waals surface area contributed by atoms with Gasteiger partial charge in [0.25, 0.3) is 0 Å². The van der Waals surface area contributed by atoms with Crippen LogP contribution in [0.1, 0.15) is 32.6 Å². The summed E-state index contributed by atoms with van der Waals surface area (Å²) in [6, 6.07) is 0. The first-order valence-electron chi connectivity index (χ1n) is 5.49. The van der Waals surface area contributed by atoms with Crippen LogP contribution in [0.4, 0.5) is 0 Å². The van der Waals surface area contributed by atoms with Crippen LogP contribution >= 0.6 is 0 Å². The Morgan fingerprint density at radius 3 is 2.50 bits per heavy atom. The molecular weight excluding hydrogens is 174 g/mol. The Bertz CT molecular complexity index is 211. The second-order valence-corrected chi connectivity index (χ2v) is 4.41. The molecule has 80 valence electrons. The topological polar surface area (TPSA) is 23.5 Å². The summed E-state index contributed by atoms with van der Waals surface area (Å²) >= 11 is 0. The van der Waals surface area contributed by atoms with Gasteiger partial charge in [-0.25, -0.2) is 0 Å². The first-order chi connectivity index (χ1) is 6.62. The average Bonchev–Trinajstić information content (AvgIpc) is 2.19. The number of nitrogens with zero attached hydrogens (tertiary/aromatic N) is 1. The first-order valence-corrected chi connectivity index (χ1v) is 5.49. The molecule has 0 amide bonds. The van der Waals surface area contributed by atoms with Gasteiger partial charge in [0.1, 0.15) is 0 Å². The zero-order chi connectivity index (χ0) is 10.6. The summed E-state index contributed by atoms with van der Waals surface area (Å²) in [5.74, 6) is 2.80. The molecule has 2 heteroatoms. The van der Waals surface area contributed by atoms with E-state index >= 15 is 0 Å². The van der Waals surface area contributed by atoms with E-state index in [1.165, 1.54) is 0 Å². The molecule has 0 aromatic carbocycles. The van der Waals surface area contributed by atoms with Crippen molar-refractivity contribution in [3.8, 4) is 12.3 Å². The molecule has 1 N–H and O–H groups in total. The Balaban J connectivity index is 2.59. The smallest absolute Gasteiger partial charge is 0.0808 e. The van der Waals surface area contributed by atoms with Crippen molar-refractivity contribution in [2.75, 3.05) is 20.1 Å². The van der Waals surface area contributed by atoms with E-state index in [1.54, 1.807) is 0 Å². The molecule has 1 unspecified atom stereocenters. The van der Waals surface area contributed by atoms with Crippen LogP contribution in [0.3, 0.4) is 0 Å². The molecule has 0 aromatic heterocycles. The largest absolute Gasteiger partial charge is 0.389 e. The fraction of sp³-hybridized carbons (Fsp3) is 0.833. The maximum absolute atomic E-state index is 10.4. The summed E-state index contributed by atoms with van der Waals surface area (Å²) in [4.78, 5) is 2.24. The monoisotopic (exact) mass is 195 g/mol. The van der Waals surface area contributed by atoms with E-state index < -0.39 is 5.60 Å². The Morgan fingerprint density at radius 1 is 1.50 bits per heavy atom. The van der Waals surface area contributed by atoms with E-state index in [9.17, 15) is 5.11 Å². The van der Waals surface area contributed by atoms with Gasteiger partial charge in [-0.15, -0.1) is 12.3 Å². The zero-order valence-electron chi connectivity index (χ0n) is 9.29. The Morgan fingerprint density at radius 2 is 2.07 bits per heavy atom. The van der Waals surface area contributed by atoms with E-state index in [2.05, 4.69) is 24.8 Å². The molecule has 1 saturated heterocycles. The molecule has 1 aliphatic rings. The number of terminal acetylenes is 1. The third-order valence-electron chi connectivity index (χ3n) is 3.28. The molecular formula is C12H21NO. The van der Waals surface area contributed by atoms with Crippen molar-refractivity contribution in [2.24, 2.45) is 5.92 Å². The van der Waals surface area contributed by atoms with Crippen LogP contribution in [0, 0.1) is 18.3 Å². The third-order valence-corrected chi connectivity index (χ3v) is 3.28. The van der Waals surface area contributed by atoms with Gasteiger partial charge in [0.2, 0.25) is 0 Å². The highest BCUT2D eigenvalue weighted by Gasteiger charge is 2.37. The van der Waals surface area contributed by atoms with E-state index in [4.69, 9.17) is 6.42 Å². The van der Waals surface area contributed by atoms with Gasteiger partial charge in [-0.1, -0.05) is 13.3 Å². The lowest BCUT2D eigenvalue weighted by Crippen LogP contribution is -2.47. The molecule has 14 heavy (non-hydrogen) atoms. The highest BCUT2D eigenvalue weighted by Crippen LogP contribution is 2.31. The predicted octanol–water partition coefficient (Wildman–Crippen LogP) is 1.49. The van der Waals surface area contributed by atoms with Gasteiger partial charge >= 0.3 is 0 Å². The van der Waals surface area contributed by atoms with Crippen molar-refractivity contribution in [3.05, 3.63) is 0 Å². The lowest BCUT2D eigenvalue weighted by atomic mass is 9.78. The molecule has 0 bridgehead atoms. The molecule has 1 heterocycles. The van der Waals surface area contributed by atoms with Crippen molar-refractivity contribution < 1.29 is 5.11 Å². The summed E-state index contributed by atoms with van der Waals surface area (Å²) in [7, 11) is 2.09. The van der Waals surface area contributed by atoms with Gasteiger partial charge in [-0.3, -0.25) is 0 Å².